The highest BCUT2D eigenvalue weighted by atomic mass is 35.5. The van der Waals surface area contributed by atoms with E-state index >= 15 is 0 Å². The molecular formula is C34H27Cl2N5O6. The summed E-state index contributed by atoms with van der Waals surface area (Å²) in [5.41, 5.74) is 4.37. The summed E-state index contributed by atoms with van der Waals surface area (Å²) in [5, 5.41) is 6.30. The van der Waals surface area contributed by atoms with Crippen molar-refractivity contribution >= 4 is 47.1 Å². The molecule has 2 N–H and O–H groups in total. The van der Waals surface area contributed by atoms with E-state index in [1.165, 1.54) is 17.7 Å². The molecule has 1 aliphatic rings. The second-order valence-corrected chi connectivity index (χ2v) is 11.5. The van der Waals surface area contributed by atoms with Crippen molar-refractivity contribution in [1.82, 2.24) is 25.0 Å². The van der Waals surface area contributed by atoms with E-state index in [2.05, 4.69) is 20.6 Å². The van der Waals surface area contributed by atoms with Crippen LogP contribution in [0.2, 0.25) is 10.0 Å². The minimum absolute atomic E-state index is 0.0291. The van der Waals surface area contributed by atoms with Crippen molar-refractivity contribution in [1.29, 1.82) is 0 Å². The molecule has 1 atom stereocenters. The van der Waals surface area contributed by atoms with Crippen LogP contribution in [0.1, 0.15) is 28.8 Å². The Kier molecular flexibility index (Phi) is 9.19. The summed E-state index contributed by atoms with van der Waals surface area (Å²) in [5.74, 6) is 0.239. The van der Waals surface area contributed by atoms with Gasteiger partial charge in [0, 0.05) is 53.7 Å². The zero-order chi connectivity index (χ0) is 33.1. The van der Waals surface area contributed by atoms with Crippen LogP contribution in [0.25, 0.3) is 39.2 Å². The van der Waals surface area contributed by atoms with Gasteiger partial charge in [0.1, 0.15) is 12.3 Å². The number of rotatable bonds is 9. The Morgan fingerprint density at radius 2 is 1.77 bits per heavy atom. The molecule has 238 valence electrons. The number of fused-ring (bicyclic) bond motifs is 1. The predicted molar refractivity (Wildman–Crippen MR) is 177 cm³/mol. The van der Waals surface area contributed by atoms with Crippen LogP contribution in [-0.4, -0.2) is 52.4 Å². The van der Waals surface area contributed by atoms with E-state index in [0.717, 1.165) is 5.56 Å². The number of carbonyl (C=O) groups is 3. The topological polar surface area (TPSA) is 141 Å². The van der Waals surface area contributed by atoms with E-state index in [1.54, 1.807) is 30.5 Å². The number of ether oxygens (including phenoxy) is 2. The standard InChI is InChI=1S/C34H27Cl2N5O6/c1-46-32-20(18-47-34(45)38-16-22-9-11-29(43)39-22)8-10-27(40-32)26-7-3-6-25(31(26)36)24-5-2-4-23(30(24)35)19-12-13-41-28(14-19)37-15-21(17-42)33(41)44/h2-8,10,12-15,17,22H,9,11,16,18H2,1H3,(H,38,45)(H,39,43). The monoisotopic (exact) mass is 671 g/mol. The van der Waals surface area contributed by atoms with Gasteiger partial charge < -0.3 is 20.1 Å². The number of aldehydes is 1. The minimum atomic E-state index is -0.618. The van der Waals surface area contributed by atoms with Gasteiger partial charge >= 0.3 is 6.09 Å². The van der Waals surface area contributed by atoms with E-state index in [-0.39, 0.29) is 36.5 Å². The summed E-state index contributed by atoms with van der Waals surface area (Å²) >= 11 is 14.0. The third-order valence-electron chi connectivity index (χ3n) is 7.81. The summed E-state index contributed by atoms with van der Waals surface area (Å²) in [7, 11) is 1.47. The van der Waals surface area contributed by atoms with Gasteiger partial charge in [-0.05, 0) is 36.2 Å². The van der Waals surface area contributed by atoms with Crippen molar-refractivity contribution in [2.24, 2.45) is 0 Å². The van der Waals surface area contributed by atoms with Crippen LogP contribution in [0, 0.1) is 0 Å². The molecule has 0 bridgehead atoms. The SMILES string of the molecule is COc1nc(-c2cccc(-c3cccc(-c4ccn5c(=O)c(C=O)cnc5c4)c3Cl)c2Cl)ccc1COC(=O)NCC1CCC(=O)N1. The maximum Gasteiger partial charge on any atom is 0.407 e. The summed E-state index contributed by atoms with van der Waals surface area (Å²) in [4.78, 5) is 56.1. The fraction of sp³-hybridized carbons (Fsp3) is 0.176. The van der Waals surface area contributed by atoms with Gasteiger partial charge in [-0.15, -0.1) is 0 Å². The fourth-order valence-electron chi connectivity index (χ4n) is 5.38. The lowest BCUT2D eigenvalue weighted by atomic mass is 9.97. The number of pyridine rings is 2. The van der Waals surface area contributed by atoms with Gasteiger partial charge in [0.2, 0.25) is 11.8 Å². The molecule has 2 amide bonds. The second-order valence-electron chi connectivity index (χ2n) is 10.7. The summed E-state index contributed by atoms with van der Waals surface area (Å²) in [6.07, 6.45) is 3.77. The predicted octanol–water partition coefficient (Wildman–Crippen LogP) is 5.72. The molecule has 13 heteroatoms. The summed E-state index contributed by atoms with van der Waals surface area (Å²) < 4.78 is 12.2. The average molecular weight is 673 g/mol. The Hall–Kier alpha value is -5.26. The lowest BCUT2D eigenvalue weighted by Crippen LogP contribution is -2.38. The maximum atomic E-state index is 12.5. The molecule has 4 heterocycles. The number of hydrogen-bond acceptors (Lipinski definition) is 8. The number of hydrogen-bond donors (Lipinski definition) is 2. The molecule has 6 rings (SSSR count). The van der Waals surface area contributed by atoms with Crippen molar-refractivity contribution < 1.29 is 23.9 Å². The van der Waals surface area contributed by atoms with Gasteiger partial charge in [-0.3, -0.25) is 18.8 Å². The van der Waals surface area contributed by atoms with Crippen molar-refractivity contribution in [3.05, 3.63) is 105 Å². The largest absolute Gasteiger partial charge is 0.481 e. The normalized spacial score (nSPS) is 14.1. The third-order valence-corrected chi connectivity index (χ3v) is 8.62. The number of methoxy groups -OCH3 is 1. The van der Waals surface area contributed by atoms with Crippen LogP contribution in [0.5, 0.6) is 5.88 Å². The molecule has 0 saturated carbocycles. The zero-order valence-electron chi connectivity index (χ0n) is 25.0. The van der Waals surface area contributed by atoms with Crippen LogP contribution in [0.3, 0.4) is 0 Å². The highest BCUT2D eigenvalue weighted by Gasteiger charge is 2.22. The van der Waals surface area contributed by atoms with Crippen LogP contribution in [0.4, 0.5) is 4.79 Å². The second kappa shape index (κ2) is 13.6. The first-order valence-corrected chi connectivity index (χ1v) is 15.3. The van der Waals surface area contributed by atoms with Crippen LogP contribution < -0.4 is 20.9 Å². The first kappa shape index (κ1) is 31.7. The van der Waals surface area contributed by atoms with Gasteiger partial charge in [0.15, 0.2) is 6.29 Å². The number of amides is 2. The fourth-order valence-corrected chi connectivity index (χ4v) is 6.04. The Morgan fingerprint density at radius 1 is 1.04 bits per heavy atom. The Bertz CT molecular complexity index is 2100. The molecule has 1 aliphatic heterocycles. The molecule has 47 heavy (non-hydrogen) atoms. The van der Waals surface area contributed by atoms with Crippen LogP contribution in [0.15, 0.2) is 77.9 Å². The molecule has 11 nitrogen and oxygen atoms in total. The molecule has 5 aromatic rings. The number of aromatic nitrogens is 3. The highest BCUT2D eigenvalue weighted by molar-refractivity contribution is 6.39. The number of nitrogens with one attached hydrogen (secondary N) is 2. The summed E-state index contributed by atoms with van der Waals surface area (Å²) in [6.45, 7) is 0.206. The van der Waals surface area contributed by atoms with E-state index in [0.29, 0.717) is 68.3 Å². The molecule has 0 aliphatic carbocycles. The number of carbonyl (C=O) groups excluding carboxylic acids is 3. The van der Waals surface area contributed by atoms with E-state index < -0.39 is 11.7 Å². The minimum Gasteiger partial charge on any atom is -0.481 e. The zero-order valence-corrected chi connectivity index (χ0v) is 26.5. The first-order chi connectivity index (χ1) is 22.8. The average Bonchev–Trinajstić information content (AvgIpc) is 3.51. The van der Waals surface area contributed by atoms with E-state index in [1.807, 2.05) is 36.4 Å². The van der Waals surface area contributed by atoms with E-state index in [4.69, 9.17) is 32.7 Å². The first-order valence-electron chi connectivity index (χ1n) is 14.6. The van der Waals surface area contributed by atoms with Gasteiger partial charge in [-0.2, -0.15) is 0 Å². The van der Waals surface area contributed by atoms with Crippen molar-refractivity contribution in [3.63, 3.8) is 0 Å². The molecule has 1 saturated heterocycles. The van der Waals surface area contributed by atoms with Gasteiger partial charge in [0.25, 0.3) is 5.56 Å². The van der Waals surface area contributed by atoms with Crippen molar-refractivity contribution in [3.8, 4) is 39.4 Å². The quantitative estimate of drug-likeness (QED) is 0.190. The lowest BCUT2D eigenvalue weighted by Gasteiger charge is -2.15. The molecule has 2 aromatic carbocycles. The van der Waals surface area contributed by atoms with E-state index in [9.17, 15) is 19.2 Å². The molecule has 1 unspecified atom stereocenters. The van der Waals surface area contributed by atoms with Crippen LogP contribution >= 0.6 is 23.2 Å². The number of nitrogens with zero attached hydrogens (tertiary/aromatic N) is 3. The summed E-state index contributed by atoms with van der Waals surface area (Å²) in [6, 6.07) is 18.0. The van der Waals surface area contributed by atoms with Gasteiger partial charge in [0.05, 0.1) is 34.0 Å². The smallest absolute Gasteiger partial charge is 0.407 e. The molecular weight excluding hydrogens is 645 g/mol. The molecule has 0 radical (unpaired) electrons. The Labute approximate surface area is 278 Å². The Balaban J connectivity index is 1.24. The number of halogens is 2. The Morgan fingerprint density at radius 3 is 2.47 bits per heavy atom. The number of alkyl carbamates (subject to hydrolysis) is 1. The maximum absolute atomic E-state index is 12.5. The molecule has 3 aromatic heterocycles. The highest BCUT2D eigenvalue weighted by Crippen LogP contribution is 2.42. The van der Waals surface area contributed by atoms with Gasteiger partial charge in [-0.1, -0.05) is 59.6 Å². The van der Waals surface area contributed by atoms with Crippen molar-refractivity contribution in [2.75, 3.05) is 13.7 Å². The lowest BCUT2D eigenvalue weighted by molar-refractivity contribution is -0.119. The number of benzene rings is 2. The molecule has 0 spiro atoms. The molecule has 1 fully saturated rings. The van der Waals surface area contributed by atoms with Gasteiger partial charge in [-0.25, -0.2) is 14.8 Å². The third kappa shape index (κ3) is 6.53. The van der Waals surface area contributed by atoms with Crippen LogP contribution in [-0.2, 0) is 16.1 Å². The van der Waals surface area contributed by atoms with Crippen molar-refractivity contribution in [2.45, 2.75) is 25.5 Å².